The molecule has 1 aromatic heterocycles. The summed E-state index contributed by atoms with van der Waals surface area (Å²) in [7, 11) is 0. The van der Waals surface area contributed by atoms with Gasteiger partial charge in [-0.05, 0) is 18.9 Å². The molecule has 0 atom stereocenters. The molecule has 5 nitrogen and oxygen atoms in total. The summed E-state index contributed by atoms with van der Waals surface area (Å²) in [5, 5.41) is 10.8. The van der Waals surface area contributed by atoms with Crippen LogP contribution in [0.2, 0.25) is 0 Å². The minimum Gasteiger partial charge on any atom is -0.507 e. The zero-order valence-corrected chi connectivity index (χ0v) is 15.3. The van der Waals surface area contributed by atoms with Crippen molar-refractivity contribution in [2.45, 2.75) is 33.4 Å². The minimum absolute atomic E-state index is 0.274. The third-order valence-electron chi connectivity index (χ3n) is 4.45. The highest BCUT2D eigenvalue weighted by Crippen LogP contribution is 2.33. The lowest BCUT2D eigenvalue weighted by Crippen LogP contribution is -2.12. The molecule has 0 bridgehead atoms. The van der Waals surface area contributed by atoms with Gasteiger partial charge in [-0.15, -0.1) is 0 Å². The minimum atomic E-state index is 0.274. The lowest BCUT2D eigenvalue weighted by atomic mass is 10.0. The van der Waals surface area contributed by atoms with Crippen LogP contribution in [0.4, 0.5) is 0 Å². The third kappa shape index (κ3) is 3.44. The Kier molecular flexibility index (Phi) is 5.58. The number of nitrogens with two attached hydrogens (primary N) is 1. The van der Waals surface area contributed by atoms with E-state index in [4.69, 9.17) is 10.5 Å². The summed E-state index contributed by atoms with van der Waals surface area (Å²) in [5.41, 5.74) is 10.5. The molecule has 0 spiro atoms. The number of nitrogens with zero attached hydrogens (tertiary/aromatic N) is 2. The molecule has 2 aromatic carbocycles. The molecule has 0 radical (unpaired) electrons. The number of aromatic nitrogens is 2. The number of para-hydroxylation sites is 1. The Balaban J connectivity index is 2.03. The predicted molar refractivity (Wildman–Crippen MR) is 103 cm³/mol. The van der Waals surface area contributed by atoms with Gasteiger partial charge in [0.1, 0.15) is 5.75 Å². The molecule has 0 aliphatic rings. The number of ether oxygens (including phenoxy) is 1. The predicted octanol–water partition coefficient (Wildman–Crippen LogP) is 3.72. The van der Waals surface area contributed by atoms with Crippen molar-refractivity contribution in [2.75, 3.05) is 6.61 Å². The van der Waals surface area contributed by atoms with Crippen LogP contribution < -0.4 is 10.5 Å². The average molecular weight is 351 g/mol. The van der Waals surface area contributed by atoms with Crippen molar-refractivity contribution in [3.05, 3.63) is 65.5 Å². The van der Waals surface area contributed by atoms with Crippen LogP contribution in [0.25, 0.3) is 11.1 Å². The molecular weight excluding hydrogens is 326 g/mol. The Bertz CT molecular complexity index is 872. The van der Waals surface area contributed by atoms with Gasteiger partial charge in [-0.3, -0.25) is 4.57 Å². The van der Waals surface area contributed by atoms with Crippen molar-refractivity contribution >= 4 is 0 Å². The summed E-state index contributed by atoms with van der Waals surface area (Å²) in [5.74, 6) is 0.274. The van der Waals surface area contributed by atoms with Gasteiger partial charge in [-0.1, -0.05) is 55.5 Å². The van der Waals surface area contributed by atoms with Gasteiger partial charge < -0.3 is 15.6 Å². The van der Waals surface area contributed by atoms with Crippen molar-refractivity contribution < 1.29 is 9.84 Å². The van der Waals surface area contributed by atoms with Crippen molar-refractivity contribution in [1.82, 2.24) is 9.55 Å². The van der Waals surface area contributed by atoms with E-state index in [2.05, 4.69) is 11.9 Å². The number of hydrogen-bond acceptors (Lipinski definition) is 4. The second kappa shape index (κ2) is 8.06. The fourth-order valence-electron chi connectivity index (χ4n) is 3.16. The van der Waals surface area contributed by atoms with Crippen LogP contribution in [0, 0.1) is 0 Å². The maximum absolute atomic E-state index is 10.8. The van der Waals surface area contributed by atoms with Crippen LogP contribution in [0.1, 0.15) is 30.8 Å². The lowest BCUT2D eigenvalue weighted by molar-refractivity contribution is 0.297. The van der Waals surface area contributed by atoms with E-state index in [-0.39, 0.29) is 5.75 Å². The SMILES string of the molecule is CCOc1nc(CC)c(CN)n1Cc1cccc(-c2ccccc2)c1O. The lowest BCUT2D eigenvalue weighted by Gasteiger charge is -2.14. The van der Waals surface area contributed by atoms with Crippen LogP contribution in [-0.2, 0) is 19.5 Å². The molecule has 3 N–H and O–H groups in total. The van der Waals surface area contributed by atoms with E-state index < -0.39 is 0 Å². The quantitative estimate of drug-likeness (QED) is 0.680. The van der Waals surface area contributed by atoms with Crippen molar-refractivity contribution in [3.63, 3.8) is 0 Å². The highest BCUT2D eigenvalue weighted by atomic mass is 16.5. The number of aryl methyl sites for hydroxylation is 1. The first-order valence-corrected chi connectivity index (χ1v) is 8.96. The first-order valence-electron chi connectivity index (χ1n) is 8.96. The molecular formula is C21H25N3O2. The van der Waals surface area contributed by atoms with E-state index in [0.29, 0.717) is 25.7 Å². The van der Waals surface area contributed by atoms with Gasteiger partial charge in [0.15, 0.2) is 0 Å². The number of aromatic hydroxyl groups is 1. The van der Waals surface area contributed by atoms with Crippen LogP contribution in [0.15, 0.2) is 48.5 Å². The number of rotatable bonds is 7. The van der Waals surface area contributed by atoms with Gasteiger partial charge in [0, 0.05) is 17.7 Å². The molecule has 0 aliphatic carbocycles. The molecule has 0 saturated carbocycles. The standard InChI is InChI=1S/C21H25N3O2/c1-3-18-19(13-22)24(21(23-18)26-4-2)14-16-11-8-12-17(20(16)25)15-9-6-5-7-10-15/h5-12,25H,3-4,13-14,22H2,1-2H3. The van der Waals surface area contributed by atoms with Gasteiger partial charge in [-0.25, -0.2) is 0 Å². The van der Waals surface area contributed by atoms with E-state index in [9.17, 15) is 5.11 Å². The Morgan fingerprint density at radius 2 is 1.85 bits per heavy atom. The molecule has 0 unspecified atom stereocenters. The average Bonchev–Trinajstić information content (AvgIpc) is 3.01. The molecule has 3 rings (SSSR count). The van der Waals surface area contributed by atoms with Crippen molar-refractivity contribution in [2.24, 2.45) is 5.73 Å². The fourth-order valence-corrected chi connectivity index (χ4v) is 3.16. The maximum Gasteiger partial charge on any atom is 0.297 e. The zero-order chi connectivity index (χ0) is 18.5. The first kappa shape index (κ1) is 18.0. The number of phenols is 1. The molecule has 0 saturated heterocycles. The van der Waals surface area contributed by atoms with E-state index in [1.165, 1.54) is 0 Å². The second-order valence-corrected chi connectivity index (χ2v) is 6.04. The van der Waals surface area contributed by atoms with Crippen LogP contribution in [0.3, 0.4) is 0 Å². The highest BCUT2D eigenvalue weighted by molar-refractivity contribution is 5.71. The number of phenolic OH excluding ortho intramolecular Hbond substituents is 1. The molecule has 0 aliphatic heterocycles. The van der Waals surface area contributed by atoms with Crippen molar-refractivity contribution in [3.8, 4) is 22.9 Å². The van der Waals surface area contributed by atoms with E-state index >= 15 is 0 Å². The maximum atomic E-state index is 10.8. The molecule has 0 amide bonds. The molecule has 136 valence electrons. The summed E-state index contributed by atoms with van der Waals surface area (Å²) < 4.78 is 7.67. The smallest absolute Gasteiger partial charge is 0.297 e. The summed E-state index contributed by atoms with van der Waals surface area (Å²) >= 11 is 0. The topological polar surface area (TPSA) is 73.3 Å². The Hall–Kier alpha value is -2.79. The molecule has 1 heterocycles. The summed E-state index contributed by atoms with van der Waals surface area (Å²) in [6, 6.07) is 16.2. The zero-order valence-electron chi connectivity index (χ0n) is 15.3. The summed E-state index contributed by atoms with van der Waals surface area (Å²) in [6.07, 6.45) is 0.787. The number of hydrogen-bond donors (Lipinski definition) is 2. The summed E-state index contributed by atoms with van der Waals surface area (Å²) in [4.78, 5) is 4.57. The van der Waals surface area contributed by atoms with Crippen LogP contribution in [0.5, 0.6) is 11.8 Å². The van der Waals surface area contributed by atoms with Crippen LogP contribution in [-0.4, -0.2) is 21.3 Å². The number of benzene rings is 2. The summed E-state index contributed by atoms with van der Waals surface area (Å²) in [6.45, 7) is 5.35. The molecule has 3 aromatic rings. The molecule has 5 heteroatoms. The van der Waals surface area contributed by atoms with Gasteiger partial charge in [0.05, 0.1) is 24.5 Å². The van der Waals surface area contributed by atoms with Gasteiger partial charge in [-0.2, -0.15) is 4.98 Å². The van der Waals surface area contributed by atoms with E-state index in [1.807, 2.05) is 60.0 Å². The third-order valence-corrected chi connectivity index (χ3v) is 4.45. The van der Waals surface area contributed by atoms with E-state index in [1.54, 1.807) is 0 Å². The monoisotopic (exact) mass is 351 g/mol. The fraction of sp³-hybridized carbons (Fsp3) is 0.286. The second-order valence-electron chi connectivity index (χ2n) is 6.04. The normalized spacial score (nSPS) is 10.9. The molecule has 26 heavy (non-hydrogen) atoms. The van der Waals surface area contributed by atoms with Crippen molar-refractivity contribution in [1.29, 1.82) is 0 Å². The largest absolute Gasteiger partial charge is 0.507 e. The Morgan fingerprint density at radius 3 is 2.50 bits per heavy atom. The van der Waals surface area contributed by atoms with Gasteiger partial charge >= 0.3 is 0 Å². The van der Waals surface area contributed by atoms with Crippen LogP contribution >= 0.6 is 0 Å². The Morgan fingerprint density at radius 1 is 1.08 bits per heavy atom. The highest BCUT2D eigenvalue weighted by Gasteiger charge is 2.18. The first-order chi connectivity index (χ1) is 12.7. The Labute approximate surface area is 154 Å². The van der Waals surface area contributed by atoms with Gasteiger partial charge in [0.25, 0.3) is 6.01 Å². The van der Waals surface area contributed by atoms with E-state index in [0.717, 1.165) is 34.5 Å². The number of imidazole rings is 1. The van der Waals surface area contributed by atoms with Gasteiger partial charge in [0.2, 0.25) is 0 Å². The molecule has 0 fully saturated rings.